The zero-order chi connectivity index (χ0) is 13.7. The van der Waals surface area contributed by atoms with Crippen molar-refractivity contribution in [2.75, 3.05) is 23.4 Å². The topological polar surface area (TPSA) is 90.3 Å². The first-order valence-electron chi connectivity index (χ1n) is 6.21. The molecule has 1 aromatic rings. The van der Waals surface area contributed by atoms with E-state index in [1.54, 1.807) is 0 Å². The molecule has 0 spiro atoms. The molecule has 4 N–H and O–H groups in total. The van der Waals surface area contributed by atoms with E-state index in [9.17, 15) is 0 Å². The first-order valence-corrected chi connectivity index (χ1v) is 6.21. The largest absolute Gasteiger partial charge is 0.393 e. The van der Waals surface area contributed by atoms with Crippen LogP contribution in [0, 0.1) is 0 Å². The Kier molecular flexibility index (Phi) is 5.15. The predicted molar refractivity (Wildman–Crippen MR) is 74.2 cm³/mol. The summed E-state index contributed by atoms with van der Waals surface area (Å²) in [7, 11) is 1.88. The molecule has 1 heterocycles. The quantitative estimate of drug-likeness (QED) is 0.749. The average molecular weight is 253 g/mol. The van der Waals surface area contributed by atoms with Gasteiger partial charge in [0, 0.05) is 7.05 Å². The molecule has 0 amide bonds. The first-order chi connectivity index (χ1) is 8.47. The number of nitrogens with zero attached hydrogens (tertiary/aromatic N) is 3. The van der Waals surface area contributed by atoms with Crippen LogP contribution >= 0.6 is 0 Å². The lowest BCUT2D eigenvalue weighted by Gasteiger charge is -2.29. The maximum atomic E-state index is 5.87. The Morgan fingerprint density at radius 1 is 1.33 bits per heavy atom. The molecule has 0 saturated heterocycles. The lowest BCUT2D eigenvalue weighted by molar-refractivity contribution is 0.00465. The van der Waals surface area contributed by atoms with Gasteiger partial charge in [0.25, 0.3) is 0 Å². The van der Waals surface area contributed by atoms with Crippen molar-refractivity contribution in [1.29, 1.82) is 0 Å². The van der Waals surface area contributed by atoms with Crippen LogP contribution < -0.4 is 16.4 Å². The standard InChI is InChI=1S/C12H23N5O/c1-5-6-8(2)18-9(3)17(4)12-10(13)11(14)15-7-16-12/h7-9H,5-6,13H2,1-4H3,(H2,14,15,16). The van der Waals surface area contributed by atoms with Crippen LogP contribution in [0.4, 0.5) is 17.3 Å². The summed E-state index contributed by atoms with van der Waals surface area (Å²) in [5.41, 5.74) is 11.9. The molecule has 0 aliphatic heterocycles. The highest BCUT2D eigenvalue weighted by atomic mass is 16.5. The van der Waals surface area contributed by atoms with Crippen molar-refractivity contribution in [2.24, 2.45) is 0 Å². The minimum absolute atomic E-state index is 0.122. The van der Waals surface area contributed by atoms with Gasteiger partial charge in [0.15, 0.2) is 11.6 Å². The van der Waals surface area contributed by atoms with Gasteiger partial charge in [-0.3, -0.25) is 0 Å². The van der Waals surface area contributed by atoms with Gasteiger partial charge in [0.1, 0.15) is 18.2 Å². The van der Waals surface area contributed by atoms with Gasteiger partial charge < -0.3 is 21.1 Å². The first kappa shape index (κ1) is 14.5. The molecule has 0 fully saturated rings. The van der Waals surface area contributed by atoms with Crippen molar-refractivity contribution < 1.29 is 4.74 Å². The molecule has 6 heteroatoms. The van der Waals surface area contributed by atoms with Crippen LogP contribution in [0.3, 0.4) is 0 Å². The average Bonchev–Trinajstić information content (AvgIpc) is 2.32. The fourth-order valence-electron chi connectivity index (χ4n) is 1.75. The van der Waals surface area contributed by atoms with Crippen LogP contribution in [-0.2, 0) is 4.74 Å². The van der Waals surface area contributed by atoms with Crippen molar-refractivity contribution >= 4 is 17.3 Å². The van der Waals surface area contributed by atoms with Gasteiger partial charge in [-0.25, -0.2) is 9.97 Å². The Labute approximate surface area is 108 Å². The van der Waals surface area contributed by atoms with E-state index in [2.05, 4.69) is 23.8 Å². The van der Waals surface area contributed by atoms with Crippen LogP contribution in [0.25, 0.3) is 0 Å². The van der Waals surface area contributed by atoms with Crippen LogP contribution in [0.15, 0.2) is 6.33 Å². The molecule has 102 valence electrons. The van der Waals surface area contributed by atoms with Crippen molar-refractivity contribution in [3.8, 4) is 0 Å². The van der Waals surface area contributed by atoms with Gasteiger partial charge in [-0.2, -0.15) is 0 Å². The van der Waals surface area contributed by atoms with Crippen LogP contribution in [0.1, 0.15) is 33.6 Å². The number of anilines is 3. The summed E-state index contributed by atoms with van der Waals surface area (Å²) in [6.07, 6.45) is 3.61. The van der Waals surface area contributed by atoms with E-state index in [4.69, 9.17) is 16.2 Å². The fraction of sp³-hybridized carbons (Fsp3) is 0.667. The summed E-state index contributed by atoms with van der Waals surface area (Å²) in [6.45, 7) is 6.16. The number of aromatic nitrogens is 2. The molecule has 2 atom stereocenters. The third-order valence-electron chi connectivity index (χ3n) is 2.90. The van der Waals surface area contributed by atoms with E-state index >= 15 is 0 Å². The summed E-state index contributed by atoms with van der Waals surface area (Å²) in [6, 6.07) is 0. The van der Waals surface area contributed by atoms with Crippen LogP contribution in [-0.4, -0.2) is 29.3 Å². The fourth-order valence-corrected chi connectivity index (χ4v) is 1.75. The van der Waals surface area contributed by atoms with Crippen molar-refractivity contribution in [2.45, 2.75) is 45.9 Å². The van der Waals surface area contributed by atoms with E-state index in [0.717, 1.165) is 12.8 Å². The molecule has 1 aromatic heterocycles. The summed E-state index contributed by atoms with van der Waals surface area (Å²) in [5.74, 6) is 0.888. The SMILES string of the molecule is CCCC(C)OC(C)N(C)c1ncnc(N)c1N. The molecule has 0 aliphatic rings. The number of hydrogen-bond acceptors (Lipinski definition) is 6. The highest BCUT2D eigenvalue weighted by Crippen LogP contribution is 2.24. The van der Waals surface area contributed by atoms with E-state index < -0.39 is 0 Å². The summed E-state index contributed by atoms with van der Waals surface area (Å²) >= 11 is 0. The Balaban J connectivity index is 2.74. The van der Waals surface area contributed by atoms with Gasteiger partial charge in [0.05, 0.1) is 6.10 Å². The summed E-state index contributed by atoms with van der Waals surface area (Å²) in [5, 5.41) is 0. The van der Waals surface area contributed by atoms with Gasteiger partial charge in [-0.15, -0.1) is 0 Å². The number of hydrogen-bond donors (Lipinski definition) is 2. The summed E-state index contributed by atoms with van der Waals surface area (Å²) < 4.78 is 5.87. The van der Waals surface area contributed by atoms with Gasteiger partial charge in [-0.1, -0.05) is 13.3 Å². The molecule has 0 aromatic carbocycles. The third-order valence-corrected chi connectivity index (χ3v) is 2.90. The molecule has 1 rings (SSSR count). The van der Waals surface area contributed by atoms with Crippen molar-refractivity contribution in [3.63, 3.8) is 0 Å². The lowest BCUT2D eigenvalue weighted by Crippen LogP contribution is -2.35. The number of rotatable bonds is 6. The van der Waals surface area contributed by atoms with E-state index in [0.29, 0.717) is 17.3 Å². The number of nitrogens with two attached hydrogens (primary N) is 2. The van der Waals surface area contributed by atoms with E-state index in [-0.39, 0.29) is 12.3 Å². The Bertz CT molecular complexity index is 385. The minimum atomic E-state index is -0.122. The smallest absolute Gasteiger partial charge is 0.159 e. The number of ether oxygens (including phenoxy) is 1. The second-order valence-electron chi connectivity index (χ2n) is 4.44. The Morgan fingerprint density at radius 2 is 2.00 bits per heavy atom. The second kappa shape index (κ2) is 6.39. The maximum Gasteiger partial charge on any atom is 0.159 e. The molecule has 6 nitrogen and oxygen atoms in total. The maximum absolute atomic E-state index is 5.87. The molecule has 18 heavy (non-hydrogen) atoms. The molecule has 0 saturated carbocycles. The van der Waals surface area contributed by atoms with Gasteiger partial charge in [0.2, 0.25) is 0 Å². The molecule has 0 aliphatic carbocycles. The molecular weight excluding hydrogens is 230 g/mol. The third kappa shape index (κ3) is 3.46. The zero-order valence-corrected chi connectivity index (χ0v) is 11.6. The van der Waals surface area contributed by atoms with E-state index in [1.165, 1.54) is 6.33 Å². The minimum Gasteiger partial charge on any atom is -0.393 e. The van der Waals surface area contributed by atoms with Crippen molar-refractivity contribution in [1.82, 2.24) is 9.97 Å². The number of nitrogen functional groups attached to an aromatic ring is 2. The second-order valence-corrected chi connectivity index (χ2v) is 4.44. The zero-order valence-electron chi connectivity index (χ0n) is 11.6. The molecular formula is C12H23N5O. The van der Waals surface area contributed by atoms with Crippen molar-refractivity contribution in [3.05, 3.63) is 6.33 Å². The predicted octanol–water partition coefficient (Wildman–Crippen LogP) is 1.63. The monoisotopic (exact) mass is 253 g/mol. The Morgan fingerprint density at radius 3 is 2.61 bits per heavy atom. The van der Waals surface area contributed by atoms with Gasteiger partial charge >= 0.3 is 0 Å². The highest BCUT2D eigenvalue weighted by Gasteiger charge is 2.18. The lowest BCUT2D eigenvalue weighted by atomic mass is 10.2. The highest BCUT2D eigenvalue weighted by molar-refractivity contribution is 5.72. The van der Waals surface area contributed by atoms with Crippen LogP contribution in [0.5, 0.6) is 0 Å². The van der Waals surface area contributed by atoms with E-state index in [1.807, 2.05) is 18.9 Å². The molecule has 0 bridgehead atoms. The van der Waals surface area contributed by atoms with Crippen LogP contribution in [0.2, 0.25) is 0 Å². The molecule has 0 radical (unpaired) electrons. The summed E-state index contributed by atoms with van der Waals surface area (Å²) in [4.78, 5) is 9.85. The van der Waals surface area contributed by atoms with Gasteiger partial charge in [-0.05, 0) is 20.3 Å². The normalized spacial score (nSPS) is 14.2. The Hall–Kier alpha value is -1.56. The molecule has 2 unspecified atom stereocenters.